The zero-order valence-corrected chi connectivity index (χ0v) is 10.3. The van der Waals surface area contributed by atoms with E-state index >= 15 is 0 Å². The number of benzene rings is 1. The minimum Gasteiger partial charge on any atom is -0.397 e. The molecule has 3 nitrogen and oxygen atoms in total. The van der Waals surface area contributed by atoms with E-state index in [1.54, 1.807) is 11.3 Å². The largest absolute Gasteiger partial charge is 0.397 e. The summed E-state index contributed by atoms with van der Waals surface area (Å²) in [5.74, 6) is 0. The minimum atomic E-state index is 0.778. The third-order valence-corrected chi connectivity index (χ3v) is 3.33. The predicted molar refractivity (Wildman–Crippen MR) is 69.8 cm³/mol. The Bertz CT molecular complexity index is 471. The van der Waals surface area contributed by atoms with Gasteiger partial charge in [-0.1, -0.05) is 12.1 Å². The highest BCUT2D eigenvalue weighted by Crippen LogP contribution is 2.23. The highest BCUT2D eigenvalue weighted by atomic mass is 32.1. The van der Waals surface area contributed by atoms with Crippen LogP contribution in [-0.2, 0) is 6.54 Å². The van der Waals surface area contributed by atoms with Crippen LogP contribution in [0.4, 0.5) is 11.4 Å². The summed E-state index contributed by atoms with van der Waals surface area (Å²) in [4.78, 5) is 5.44. The third kappa shape index (κ3) is 2.33. The van der Waals surface area contributed by atoms with Gasteiger partial charge in [-0.05, 0) is 25.5 Å². The van der Waals surface area contributed by atoms with Gasteiger partial charge < -0.3 is 11.1 Å². The summed E-state index contributed by atoms with van der Waals surface area (Å²) in [7, 11) is 0. The van der Waals surface area contributed by atoms with Crippen LogP contribution in [0, 0.1) is 13.8 Å². The summed E-state index contributed by atoms with van der Waals surface area (Å²) in [5, 5.41) is 4.45. The number of nitrogens with zero attached hydrogens (tertiary/aromatic N) is 1. The van der Waals surface area contributed by atoms with Gasteiger partial charge in [-0.2, -0.15) is 0 Å². The number of nitrogen functional groups attached to an aromatic ring is 1. The van der Waals surface area contributed by atoms with Crippen LogP contribution in [0.25, 0.3) is 0 Å². The number of rotatable bonds is 3. The summed E-state index contributed by atoms with van der Waals surface area (Å²) in [5.41, 5.74) is 8.90. The highest BCUT2D eigenvalue weighted by Gasteiger charge is 2.03. The summed E-state index contributed by atoms with van der Waals surface area (Å²) < 4.78 is 0. The van der Waals surface area contributed by atoms with E-state index in [1.807, 2.05) is 25.3 Å². The first-order chi connectivity index (χ1) is 7.66. The summed E-state index contributed by atoms with van der Waals surface area (Å²) in [6.07, 6.45) is 1.90. The first kappa shape index (κ1) is 11.0. The fourth-order valence-electron chi connectivity index (χ4n) is 1.59. The quantitative estimate of drug-likeness (QED) is 0.801. The smallest absolute Gasteiger partial charge is 0.0897 e. The molecule has 0 spiro atoms. The topological polar surface area (TPSA) is 50.9 Å². The Morgan fingerprint density at radius 2 is 2.19 bits per heavy atom. The lowest BCUT2D eigenvalue weighted by molar-refractivity contribution is 1.16. The zero-order valence-electron chi connectivity index (χ0n) is 9.45. The Hall–Kier alpha value is -1.55. The Kier molecular flexibility index (Phi) is 3.10. The SMILES string of the molecule is Cc1ncc(CNc2c(C)cccc2N)s1. The van der Waals surface area contributed by atoms with E-state index in [-0.39, 0.29) is 0 Å². The van der Waals surface area contributed by atoms with Gasteiger partial charge in [0, 0.05) is 11.1 Å². The predicted octanol–water partition coefficient (Wildman–Crippen LogP) is 2.95. The van der Waals surface area contributed by atoms with Gasteiger partial charge >= 0.3 is 0 Å². The van der Waals surface area contributed by atoms with Gasteiger partial charge in [-0.15, -0.1) is 11.3 Å². The van der Waals surface area contributed by atoms with Crippen LogP contribution in [-0.4, -0.2) is 4.98 Å². The van der Waals surface area contributed by atoms with Crippen molar-refractivity contribution in [2.45, 2.75) is 20.4 Å². The fraction of sp³-hybridized carbons (Fsp3) is 0.250. The van der Waals surface area contributed by atoms with E-state index in [2.05, 4.69) is 23.3 Å². The van der Waals surface area contributed by atoms with Gasteiger partial charge in [0.05, 0.1) is 22.9 Å². The van der Waals surface area contributed by atoms with Crippen molar-refractivity contribution in [1.82, 2.24) is 4.98 Å². The average molecular weight is 233 g/mol. The standard InChI is InChI=1S/C12H15N3S/c1-8-4-3-5-11(13)12(8)15-7-10-6-14-9(2)16-10/h3-6,15H,7,13H2,1-2H3. The Labute approximate surface area is 99.3 Å². The summed E-state index contributed by atoms with van der Waals surface area (Å²) in [6.45, 7) is 4.84. The molecule has 1 aromatic heterocycles. The fourth-order valence-corrected chi connectivity index (χ4v) is 2.33. The van der Waals surface area contributed by atoms with E-state index in [0.29, 0.717) is 0 Å². The normalized spacial score (nSPS) is 10.4. The first-order valence-corrected chi connectivity index (χ1v) is 5.99. The molecule has 0 unspecified atom stereocenters. The lowest BCUT2D eigenvalue weighted by Crippen LogP contribution is -2.02. The van der Waals surface area contributed by atoms with Crippen molar-refractivity contribution >= 4 is 22.7 Å². The number of aromatic nitrogens is 1. The number of aryl methyl sites for hydroxylation is 2. The second kappa shape index (κ2) is 4.53. The molecule has 84 valence electrons. The van der Waals surface area contributed by atoms with Crippen LogP contribution < -0.4 is 11.1 Å². The molecule has 1 heterocycles. The number of hydrogen-bond donors (Lipinski definition) is 2. The maximum atomic E-state index is 5.92. The lowest BCUT2D eigenvalue weighted by atomic mass is 10.1. The van der Waals surface area contributed by atoms with Crippen molar-refractivity contribution in [2.75, 3.05) is 11.1 Å². The molecule has 0 radical (unpaired) electrons. The van der Waals surface area contributed by atoms with Crippen molar-refractivity contribution in [3.8, 4) is 0 Å². The second-order valence-corrected chi connectivity index (χ2v) is 5.06. The molecule has 0 aliphatic heterocycles. The maximum absolute atomic E-state index is 5.92. The number of hydrogen-bond acceptors (Lipinski definition) is 4. The monoisotopic (exact) mass is 233 g/mol. The first-order valence-electron chi connectivity index (χ1n) is 5.17. The van der Waals surface area contributed by atoms with Gasteiger partial charge in [0.25, 0.3) is 0 Å². The molecule has 0 saturated carbocycles. The second-order valence-electron chi connectivity index (χ2n) is 3.74. The molecule has 2 aromatic rings. The summed E-state index contributed by atoms with van der Waals surface area (Å²) >= 11 is 1.70. The summed E-state index contributed by atoms with van der Waals surface area (Å²) in [6, 6.07) is 5.93. The van der Waals surface area contributed by atoms with Crippen LogP contribution in [0.2, 0.25) is 0 Å². The molecule has 0 aliphatic carbocycles. The van der Waals surface area contributed by atoms with Gasteiger partial charge in [-0.3, -0.25) is 0 Å². The van der Waals surface area contributed by atoms with Crippen molar-refractivity contribution < 1.29 is 0 Å². The van der Waals surface area contributed by atoms with Crippen molar-refractivity contribution in [3.05, 3.63) is 39.8 Å². The van der Waals surface area contributed by atoms with Crippen LogP contribution in [0.3, 0.4) is 0 Å². The molecule has 1 aromatic carbocycles. The van der Waals surface area contributed by atoms with E-state index in [0.717, 1.165) is 22.9 Å². The molecule has 4 heteroatoms. The molecule has 0 bridgehead atoms. The van der Waals surface area contributed by atoms with Gasteiger partial charge in [0.1, 0.15) is 0 Å². The molecule has 0 saturated heterocycles. The van der Waals surface area contributed by atoms with E-state index in [1.165, 1.54) is 10.4 Å². The highest BCUT2D eigenvalue weighted by molar-refractivity contribution is 7.11. The number of nitrogens with two attached hydrogens (primary N) is 1. The molecule has 0 aliphatic rings. The molecular weight excluding hydrogens is 218 g/mol. The molecule has 0 amide bonds. The van der Waals surface area contributed by atoms with Crippen LogP contribution >= 0.6 is 11.3 Å². The van der Waals surface area contributed by atoms with Crippen molar-refractivity contribution in [1.29, 1.82) is 0 Å². The van der Waals surface area contributed by atoms with E-state index in [4.69, 9.17) is 5.73 Å². The van der Waals surface area contributed by atoms with Gasteiger partial charge in [0.2, 0.25) is 0 Å². The Balaban J connectivity index is 2.10. The van der Waals surface area contributed by atoms with E-state index < -0.39 is 0 Å². The van der Waals surface area contributed by atoms with Crippen molar-refractivity contribution in [2.24, 2.45) is 0 Å². The number of anilines is 2. The lowest BCUT2D eigenvalue weighted by Gasteiger charge is -2.10. The van der Waals surface area contributed by atoms with Crippen LogP contribution in [0.15, 0.2) is 24.4 Å². The van der Waals surface area contributed by atoms with Gasteiger partial charge in [-0.25, -0.2) is 4.98 Å². The number of nitrogens with one attached hydrogen (secondary N) is 1. The Morgan fingerprint density at radius 3 is 2.81 bits per heavy atom. The molecular formula is C12H15N3S. The van der Waals surface area contributed by atoms with Crippen molar-refractivity contribution in [3.63, 3.8) is 0 Å². The average Bonchev–Trinajstić information content (AvgIpc) is 2.63. The Morgan fingerprint density at radius 1 is 1.38 bits per heavy atom. The van der Waals surface area contributed by atoms with Crippen LogP contribution in [0.5, 0.6) is 0 Å². The minimum absolute atomic E-state index is 0.778. The molecule has 16 heavy (non-hydrogen) atoms. The third-order valence-electron chi connectivity index (χ3n) is 2.41. The van der Waals surface area contributed by atoms with Crippen LogP contribution in [0.1, 0.15) is 15.4 Å². The number of para-hydroxylation sites is 1. The van der Waals surface area contributed by atoms with E-state index in [9.17, 15) is 0 Å². The zero-order chi connectivity index (χ0) is 11.5. The molecule has 2 rings (SSSR count). The molecule has 3 N–H and O–H groups in total. The van der Waals surface area contributed by atoms with Gasteiger partial charge in [0.15, 0.2) is 0 Å². The molecule has 0 atom stereocenters. The molecule has 0 fully saturated rings. The maximum Gasteiger partial charge on any atom is 0.0897 e. The number of thiazole rings is 1.